The molecule has 0 spiro atoms. The summed E-state index contributed by atoms with van der Waals surface area (Å²) in [5, 5.41) is 4.99. The molecule has 134 valence electrons. The lowest BCUT2D eigenvalue weighted by molar-refractivity contribution is 0.975. The van der Waals surface area contributed by atoms with E-state index in [4.69, 9.17) is 5.10 Å². The maximum atomic E-state index is 4.99. The third-order valence-electron chi connectivity index (χ3n) is 5.07. The van der Waals surface area contributed by atoms with Gasteiger partial charge in [0.2, 0.25) is 0 Å². The third-order valence-corrected chi connectivity index (χ3v) is 5.07. The molecule has 0 bridgehead atoms. The van der Waals surface area contributed by atoms with Crippen LogP contribution in [0.5, 0.6) is 0 Å². The molecule has 28 heavy (non-hydrogen) atoms. The van der Waals surface area contributed by atoms with E-state index in [9.17, 15) is 0 Å². The van der Waals surface area contributed by atoms with Crippen LogP contribution in [0.15, 0.2) is 103 Å². The minimum Gasteiger partial charge on any atom is -0.232 e. The van der Waals surface area contributed by atoms with Gasteiger partial charge in [-0.1, -0.05) is 90.5 Å². The molecule has 0 amide bonds. The molecule has 0 aliphatic heterocycles. The fourth-order valence-electron chi connectivity index (χ4n) is 3.73. The van der Waals surface area contributed by atoms with E-state index in [1.54, 1.807) is 0 Å². The Kier molecular flexibility index (Phi) is 4.02. The first-order valence-electron chi connectivity index (χ1n) is 9.50. The van der Waals surface area contributed by atoms with Crippen molar-refractivity contribution >= 4 is 5.52 Å². The highest BCUT2D eigenvalue weighted by Crippen LogP contribution is 2.34. The van der Waals surface area contributed by atoms with Gasteiger partial charge in [0.15, 0.2) is 0 Å². The summed E-state index contributed by atoms with van der Waals surface area (Å²) in [4.78, 5) is 0. The summed E-state index contributed by atoms with van der Waals surface area (Å²) in [5.41, 5.74) is 9.11. The van der Waals surface area contributed by atoms with Crippen molar-refractivity contribution in [1.82, 2.24) is 9.61 Å². The van der Waals surface area contributed by atoms with Crippen molar-refractivity contribution in [3.63, 3.8) is 0 Å². The number of fused-ring (bicyclic) bond motifs is 1. The minimum atomic E-state index is 0.986. The molecular weight excluding hydrogens is 340 g/mol. The van der Waals surface area contributed by atoms with Crippen LogP contribution < -0.4 is 0 Å². The summed E-state index contributed by atoms with van der Waals surface area (Å²) in [6, 6.07) is 36.0. The Labute approximate surface area is 164 Å². The van der Waals surface area contributed by atoms with Gasteiger partial charge >= 0.3 is 0 Å². The molecule has 2 heterocycles. The van der Waals surface area contributed by atoms with Gasteiger partial charge in [-0.2, -0.15) is 5.10 Å². The van der Waals surface area contributed by atoms with E-state index in [1.807, 2.05) is 6.07 Å². The monoisotopic (exact) mass is 360 g/mol. The summed E-state index contributed by atoms with van der Waals surface area (Å²) in [5.74, 6) is 0. The molecular formula is C26H20N2. The average molecular weight is 360 g/mol. The van der Waals surface area contributed by atoms with Crippen molar-refractivity contribution < 1.29 is 0 Å². The fraction of sp³-hybridized carbons (Fsp3) is 0.0385. The van der Waals surface area contributed by atoms with E-state index in [2.05, 4.69) is 109 Å². The van der Waals surface area contributed by atoms with Gasteiger partial charge in [-0.15, -0.1) is 0 Å². The molecule has 5 aromatic rings. The number of benzene rings is 3. The number of hydrogen-bond acceptors (Lipinski definition) is 1. The summed E-state index contributed by atoms with van der Waals surface area (Å²) in [7, 11) is 0. The molecule has 0 saturated heterocycles. The average Bonchev–Trinajstić information content (AvgIpc) is 3.19. The second-order valence-electron chi connectivity index (χ2n) is 7.06. The molecule has 2 heteroatoms. The van der Waals surface area contributed by atoms with Crippen LogP contribution in [0.2, 0.25) is 0 Å². The van der Waals surface area contributed by atoms with Gasteiger partial charge < -0.3 is 0 Å². The first-order chi connectivity index (χ1) is 13.8. The lowest BCUT2D eigenvalue weighted by Crippen LogP contribution is -1.98. The molecule has 0 saturated carbocycles. The van der Waals surface area contributed by atoms with Crippen LogP contribution in [0.4, 0.5) is 0 Å². The largest absolute Gasteiger partial charge is 0.232 e. The molecule has 0 aliphatic carbocycles. The maximum Gasteiger partial charge on any atom is 0.0933 e. The first kappa shape index (κ1) is 16.5. The van der Waals surface area contributed by atoms with Crippen molar-refractivity contribution in [2.45, 2.75) is 6.92 Å². The topological polar surface area (TPSA) is 17.3 Å². The van der Waals surface area contributed by atoms with Crippen molar-refractivity contribution in [2.24, 2.45) is 0 Å². The highest BCUT2D eigenvalue weighted by atomic mass is 15.2. The van der Waals surface area contributed by atoms with Crippen LogP contribution in [0.3, 0.4) is 0 Å². The smallest absolute Gasteiger partial charge is 0.0933 e. The molecule has 0 aliphatic rings. The Hall–Kier alpha value is -3.65. The number of pyridine rings is 1. The van der Waals surface area contributed by atoms with E-state index in [1.165, 1.54) is 22.3 Å². The third kappa shape index (κ3) is 2.89. The molecule has 5 rings (SSSR count). The molecule has 0 N–H and O–H groups in total. The highest BCUT2D eigenvalue weighted by molar-refractivity contribution is 5.84. The van der Waals surface area contributed by atoms with E-state index >= 15 is 0 Å². The molecule has 0 atom stereocenters. The summed E-state index contributed by atoms with van der Waals surface area (Å²) in [6.07, 6.45) is 0. The number of aromatic nitrogens is 2. The van der Waals surface area contributed by atoms with E-state index < -0.39 is 0 Å². The van der Waals surface area contributed by atoms with Crippen molar-refractivity contribution in [3.05, 3.63) is 109 Å². The van der Waals surface area contributed by atoms with Crippen molar-refractivity contribution in [2.75, 3.05) is 0 Å². The van der Waals surface area contributed by atoms with Crippen molar-refractivity contribution in [3.8, 4) is 33.6 Å². The lowest BCUT2D eigenvalue weighted by Gasteiger charge is -2.13. The Morgan fingerprint density at radius 2 is 1.29 bits per heavy atom. The number of rotatable bonds is 3. The summed E-state index contributed by atoms with van der Waals surface area (Å²) < 4.78 is 2.08. The zero-order valence-corrected chi connectivity index (χ0v) is 15.7. The quantitative estimate of drug-likeness (QED) is 0.352. The number of hydrogen-bond donors (Lipinski definition) is 0. The molecule has 2 nitrogen and oxygen atoms in total. The summed E-state index contributed by atoms with van der Waals surface area (Å²) >= 11 is 0. The van der Waals surface area contributed by atoms with Gasteiger partial charge in [0.05, 0.1) is 16.9 Å². The van der Waals surface area contributed by atoms with Crippen LogP contribution in [-0.4, -0.2) is 9.61 Å². The van der Waals surface area contributed by atoms with Gasteiger partial charge in [0, 0.05) is 16.7 Å². The fourth-order valence-corrected chi connectivity index (χ4v) is 3.73. The second kappa shape index (κ2) is 6.82. The normalized spacial score (nSPS) is 11.0. The predicted molar refractivity (Wildman–Crippen MR) is 116 cm³/mol. The zero-order chi connectivity index (χ0) is 18.9. The van der Waals surface area contributed by atoms with Gasteiger partial charge in [0.25, 0.3) is 0 Å². The minimum absolute atomic E-state index is 0.986. The predicted octanol–water partition coefficient (Wildman–Crippen LogP) is 6.64. The SMILES string of the molecule is Cc1cccc(-c2c(-c3ccccc3)ccc3cc(-c4ccccc4)nn23)c1. The zero-order valence-electron chi connectivity index (χ0n) is 15.7. The Balaban J connectivity index is 1.82. The van der Waals surface area contributed by atoms with E-state index in [0.717, 1.165) is 22.5 Å². The molecule has 3 aromatic carbocycles. The van der Waals surface area contributed by atoms with E-state index in [0.29, 0.717) is 0 Å². The van der Waals surface area contributed by atoms with Crippen molar-refractivity contribution in [1.29, 1.82) is 0 Å². The van der Waals surface area contributed by atoms with Crippen LogP contribution >= 0.6 is 0 Å². The summed E-state index contributed by atoms with van der Waals surface area (Å²) in [6.45, 7) is 2.13. The van der Waals surface area contributed by atoms with Gasteiger partial charge in [-0.25, -0.2) is 4.52 Å². The number of aryl methyl sites for hydroxylation is 1. The van der Waals surface area contributed by atoms with Crippen LogP contribution in [-0.2, 0) is 0 Å². The maximum absolute atomic E-state index is 4.99. The Morgan fingerprint density at radius 1 is 0.607 bits per heavy atom. The number of nitrogens with zero attached hydrogens (tertiary/aromatic N) is 2. The highest BCUT2D eigenvalue weighted by Gasteiger charge is 2.15. The molecule has 2 aromatic heterocycles. The Morgan fingerprint density at radius 3 is 2.00 bits per heavy atom. The van der Waals surface area contributed by atoms with Crippen LogP contribution in [0, 0.1) is 6.92 Å². The second-order valence-corrected chi connectivity index (χ2v) is 7.06. The Bertz CT molecular complexity index is 1250. The van der Waals surface area contributed by atoms with Crippen LogP contribution in [0.25, 0.3) is 39.2 Å². The molecule has 0 unspecified atom stereocenters. The first-order valence-corrected chi connectivity index (χ1v) is 9.50. The van der Waals surface area contributed by atoms with Gasteiger partial charge in [0.1, 0.15) is 0 Å². The standard InChI is InChI=1S/C26H20N2/c1-19-9-8-14-22(17-19)26-24(20-10-4-2-5-11-20)16-15-23-18-25(27-28(23)26)21-12-6-3-7-13-21/h2-18H,1H3. The lowest BCUT2D eigenvalue weighted by atomic mass is 9.98. The molecule has 0 radical (unpaired) electrons. The van der Waals surface area contributed by atoms with Crippen LogP contribution in [0.1, 0.15) is 5.56 Å². The molecule has 0 fully saturated rings. The van der Waals surface area contributed by atoms with E-state index in [-0.39, 0.29) is 0 Å². The van der Waals surface area contributed by atoms with Gasteiger partial charge in [-0.3, -0.25) is 0 Å². The van der Waals surface area contributed by atoms with Gasteiger partial charge in [-0.05, 0) is 30.7 Å².